The van der Waals surface area contributed by atoms with E-state index in [1.165, 1.54) is 39.9 Å². The number of rotatable bonds is 6. The number of aromatic nitrogens is 3. The standard InChI is InChI=1S/C22H21N5O5S2/c1-15-13-20(27(25-15)22-23-18(14-33-22)19-3-2-10-32-19)24-21(28)16-4-6-17(7-5-16)34(29,30)26-8-11-31-12-9-26/h2-7,10,13-14H,8-9,11-12H2,1H3,(H,24,28). The zero-order valence-corrected chi connectivity index (χ0v) is 19.8. The molecule has 34 heavy (non-hydrogen) atoms. The van der Waals surface area contributed by atoms with Gasteiger partial charge in [-0.3, -0.25) is 4.79 Å². The molecule has 0 atom stereocenters. The third-order valence-electron chi connectivity index (χ3n) is 5.24. The third kappa shape index (κ3) is 4.40. The molecule has 1 aliphatic rings. The highest BCUT2D eigenvalue weighted by Crippen LogP contribution is 2.27. The highest BCUT2D eigenvalue weighted by atomic mass is 32.2. The summed E-state index contributed by atoms with van der Waals surface area (Å²) >= 11 is 1.37. The largest absolute Gasteiger partial charge is 0.463 e. The molecule has 10 nitrogen and oxygen atoms in total. The van der Waals surface area contributed by atoms with E-state index in [0.29, 0.717) is 60.0 Å². The number of furan rings is 1. The molecule has 1 N–H and O–H groups in total. The predicted molar refractivity (Wildman–Crippen MR) is 126 cm³/mol. The van der Waals surface area contributed by atoms with Crippen molar-refractivity contribution < 1.29 is 22.4 Å². The van der Waals surface area contributed by atoms with Gasteiger partial charge >= 0.3 is 0 Å². The molecular formula is C22H21N5O5S2. The Balaban J connectivity index is 1.34. The van der Waals surface area contributed by atoms with Gasteiger partial charge in [0.1, 0.15) is 11.5 Å². The fourth-order valence-electron chi connectivity index (χ4n) is 3.54. The Hall–Kier alpha value is -3.32. The molecule has 1 fully saturated rings. The molecule has 0 aliphatic carbocycles. The first kappa shape index (κ1) is 22.5. The molecule has 0 spiro atoms. The van der Waals surface area contributed by atoms with E-state index in [9.17, 15) is 13.2 Å². The van der Waals surface area contributed by atoms with E-state index in [2.05, 4.69) is 15.4 Å². The fraction of sp³-hybridized carbons (Fsp3) is 0.227. The van der Waals surface area contributed by atoms with Crippen LogP contribution in [-0.2, 0) is 14.8 Å². The Morgan fingerprint density at radius 3 is 2.62 bits per heavy atom. The van der Waals surface area contributed by atoms with Gasteiger partial charge in [-0.15, -0.1) is 11.3 Å². The van der Waals surface area contributed by atoms with Crippen LogP contribution in [0.5, 0.6) is 0 Å². The molecule has 176 valence electrons. The summed E-state index contributed by atoms with van der Waals surface area (Å²) < 4.78 is 39.2. The minimum Gasteiger partial charge on any atom is -0.463 e. The number of anilines is 1. The van der Waals surface area contributed by atoms with Crippen LogP contribution in [0.25, 0.3) is 16.6 Å². The Labute approximate surface area is 199 Å². The summed E-state index contributed by atoms with van der Waals surface area (Å²) in [5.41, 5.74) is 1.70. The number of hydrogen-bond donors (Lipinski definition) is 1. The summed E-state index contributed by atoms with van der Waals surface area (Å²) in [5, 5.41) is 9.71. The molecule has 0 saturated carbocycles. The highest BCUT2D eigenvalue weighted by molar-refractivity contribution is 7.89. The summed E-state index contributed by atoms with van der Waals surface area (Å²) in [6.07, 6.45) is 1.58. The van der Waals surface area contributed by atoms with E-state index >= 15 is 0 Å². The number of nitrogens with zero attached hydrogens (tertiary/aromatic N) is 4. The second kappa shape index (κ2) is 9.14. The Morgan fingerprint density at radius 1 is 1.15 bits per heavy atom. The van der Waals surface area contributed by atoms with Gasteiger partial charge in [-0.1, -0.05) is 0 Å². The van der Waals surface area contributed by atoms with Gasteiger partial charge in [-0.2, -0.15) is 14.1 Å². The lowest BCUT2D eigenvalue weighted by atomic mass is 10.2. The van der Waals surface area contributed by atoms with Crippen molar-refractivity contribution in [2.24, 2.45) is 0 Å². The number of aryl methyl sites for hydroxylation is 1. The summed E-state index contributed by atoms with van der Waals surface area (Å²) in [4.78, 5) is 17.6. The first-order chi connectivity index (χ1) is 16.4. The maximum absolute atomic E-state index is 12.9. The highest BCUT2D eigenvalue weighted by Gasteiger charge is 2.26. The molecular weight excluding hydrogens is 478 g/mol. The number of amides is 1. The van der Waals surface area contributed by atoms with Gasteiger partial charge in [0.15, 0.2) is 5.76 Å². The average molecular weight is 500 g/mol. The van der Waals surface area contributed by atoms with Gasteiger partial charge in [0, 0.05) is 30.1 Å². The molecule has 1 aliphatic heterocycles. The smallest absolute Gasteiger partial charge is 0.256 e. The second-order valence-corrected chi connectivity index (χ2v) is 10.3. The molecule has 1 saturated heterocycles. The molecule has 0 bridgehead atoms. The monoisotopic (exact) mass is 499 g/mol. The number of morpholine rings is 1. The van der Waals surface area contributed by atoms with Crippen LogP contribution in [0.3, 0.4) is 0 Å². The number of benzene rings is 1. The molecule has 0 radical (unpaired) electrons. The normalized spacial score (nSPS) is 14.9. The number of carbonyl (C=O) groups is 1. The maximum Gasteiger partial charge on any atom is 0.256 e. The Bertz CT molecular complexity index is 1400. The summed E-state index contributed by atoms with van der Waals surface area (Å²) in [5.74, 6) is 0.705. The van der Waals surface area contributed by atoms with Crippen LogP contribution >= 0.6 is 11.3 Å². The first-order valence-electron chi connectivity index (χ1n) is 10.5. The quantitative estimate of drug-likeness (QED) is 0.433. The zero-order valence-electron chi connectivity index (χ0n) is 18.2. The molecule has 12 heteroatoms. The number of hydrogen-bond acceptors (Lipinski definition) is 8. The van der Waals surface area contributed by atoms with Gasteiger partial charge in [-0.25, -0.2) is 13.4 Å². The summed E-state index contributed by atoms with van der Waals surface area (Å²) in [6, 6.07) is 11.2. The number of carbonyl (C=O) groups excluding carboxylic acids is 1. The Kier molecular flexibility index (Phi) is 6.04. The molecule has 1 aromatic carbocycles. The number of sulfonamides is 1. The van der Waals surface area contributed by atoms with Crippen molar-refractivity contribution in [1.29, 1.82) is 0 Å². The number of thiazole rings is 1. The number of ether oxygens (including phenoxy) is 1. The topological polar surface area (TPSA) is 120 Å². The van der Waals surface area contributed by atoms with Crippen LogP contribution in [0.15, 0.2) is 63.4 Å². The Morgan fingerprint density at radius 2 is 1.91 bits per heavy atom. The lowest BCUT2D eigenvalue weighted by Gasteiger charge is -2.26. The van der Waals surface area contributed by atoms with Crippen LogP contribution < -0.4 is 5.32 Å². The third-order valence-corrected chi connectivity index (χ3v) is 7.97. The molecule has 1 amide bonds. The van der Waals surface area contributed by atoms with E-state index in [0.717, 1.165) is 0 Å². The van der Waals surface area contributed by atoms with Crippen LogP contribution in [-0.4, -0.2) is 59.7 Å². The fourth-order valence-corrected chi connectivity index (χ4v) is 5.72. The molecule has 4 aromatic rings. The van der Waals surface area contributed by atoms with E-state index in [1.807, 2.05) is 18.4 Å². The summed E-state index contributed by atoms with van der Waals surface area (Å²) in [7, 11) is -3.63. The average Bonchev–Trinajstić information content (AvgIpc) is 3.61. The minimum atomic E-state index is -3.63. The maximum atomic E-state index is 12.9. The van der Waals surface area contributed by atoms with Crippen molar-refractivity contribution >= 4 is 33.1 Å². The molecule has 4 heterocycles. The number of nitrogens with one attached hydrogen (secondary N) is 1. The van der Waals surface area contributed by atoms with Crippen molar-refractivity contribution in [3.63, 3.8) is 0 Å². The first-order valence-corrected chi connectivity index (χ1v) is 12.8. The molecule has 0 unspecified atom stereocenters. The van der Waals surface area contributed by atoms with Crippen molar-refractivity contribution in [3.8, 4) is 16.6 Å². The summed E-state index contributed by atoms with van der Waals surface area (Å²) in [6.45, 7) is 3.18. The lowest BCUT2D eigenvalue weighted by molar-refractivity contribution is 0.0730. The van der Waals surface area contributed by atoms with E-state index in [-0.39, 0.29) is 10.8 Å². The predicted octanol–water partition coefficient (Wildman–Crippen LogP) is 3.17. The second-order valence-electron chi connectivity index (χ2n) is 7.57. The van der Waals surface area contributed by atoms with Crippen LogP contribution in [0.1, 0.15) is 16.1 Å². The minimum absolute atomic E-state index is 0.139. The van der Waals surface area contributed by atoms with Gasteiger partial charge in [0.25, 0.3) is 5.91 Å². The van der Waals surface area contributed by atoms with E-state index in [4.69, 9.17) is 9.15 Å². The van der Waals surface area contributed by atoms with Crippen molar-refractivity contribution in [2.45, 2.75) is 11.8 Å². The SMILES string of the molecule is Cc1cc(NC(=O)c2ccc(S(=O)(=O)N3CCOCC3)cc2)n(-c2nc(-c3ccco3)cs2)n1. The van der Waals surface area contributed by atoms with Gasteiger partial charge < -0.3 is 14.5 Å². The lowest BCUT2D eigenvalue weighted by Crippen LogP contribution is -2.40. The van der Waals surface area contributed by atoms with E-state index < -0.39 is 10.0 Å². The zero-order chi connectivity index (χ0) is 23.7. The van der Waals surface area contributed by atoms with Crippen LogP contribution in [0, 0.1) is 6.92 Å². The van der Waals surface area contributed by atoms with Gasteiger partial charge in [0.2, 0.25) is 15.2 Å². The van der Waals surface area contributed by atoms with Crippen molar-refractivity contribution in [1.82, 2.24) is 19.1 Å². The molecule has 3 aromatic heterocycles. The molecule has 5 rings (SSSR count). The van der Waals surface area contributed by atoms with E-state index in [1.54, 1.807) is 23.1 Å². The van der Waals surface area contributed by atoms with Gasteiger partial charge in [-0.05, 0) is 43.3 Å². The van der Waals surface area contributed by atoms with Crippen LogP contribution in [0.2, 0.25) is 0 Å². The van der Waals surface area contributed by atoms with Gasteiger partial charge in [0.05, 0.1) is 30.1 Å². The van der Waals surface area contributed by atoms with Crippen molar-refractivity contribution in [3.05, 3.63) is 65.4 Å². The van der Waals surface area contributed by atoms with Crippen molar-refractivity contribution in [2.75, 3.05) is 31.6 Å². The van der Waals surface area contributed by atoms with Crippen LogP contribution in [0.4, 0.5) is 5.82 Å².